The van der Waals surface area contributed by atoms with Crippen LogP contribution in [0.15, 0.2) is 35.4 Å². The summed E-state index contributed by atoms with van der Waals surface area (Å²) in [6, 6.07) is 6.82. The highest BCUT2D eigenvalue weighted by Crippen LogP contribution is 2.32. The Morgan fingerprint density at radius 3 is 2.83 bits per heavy atom. The second kappa shape index (κ2) is 7.44. The molecule has 0 atom stereocenters. The zero-order chi connectivity index (χ0) is 20.7. The standard InChI is InChI=1S/C21H21N3O4S/c1-12(2)6-14-8-15-20(29-14)22-11-24(21(15)27)9-17(25)13-4-5-18-16(7-13)23(3)19(26)10-28-18/h4-5,7-8,11-12H,6,9-10H2,1-3H3. The van der Waals surface area contributed by atoms with Gasteiger partial charge >= 0.3 is 0 Å². The van der Waals surface area contributed by atoms with Crippen LogP contribution in [0.5, 0.6) is 5.75 Å². The minimum absolute atomic E-state index is 0.0166. The Hall–Kier alpha value is -3.00. The van der Waals surface area contributed by atoms with Crippen LogP contribution in [0.3, 0.4) is 0 Å². The number of carbonyl (C=O) groups is 2. The van der Waals surface area contributed by atoms with Crippen LogP contribution < -0.4 is 15.2 Å². The molecule has 2 aromatic heterocycles. The van der Waals surface area contributed by atoms with Gasteiger partial charge in [-0.15, -0.1) is 11.3 Å². The maximum absolute atomic E-state index is 12.8. The third kappa shape index (κ3) is 3.67. The molecule has 0 aliphatic carbocycles. The van der Waals surface area contributed by atoms with Crippen LogP contribution in [0.1, 0.15) is 29.1 Å². The summed E-state index contributed by atoms with van der Waals surface area (Å²) in [6.07, 6.45) is 2.32. The van der Waals surface area contributed by atoms with Crippen LogP contribution in [0.25, 0.3) is 10.2 Å². The van der Waals surface area contributed by atoms with Gasteiger partial charge in [-0.25, -0.2) is 4.98 Å². The molecule has 1 aliphatic rings. The first-order valence-electron chi connectivity index (χ1n) is 9.38. The molecule has 1 aliphatic heterocycles. The molecule has 0 bridgehead atoms. The number of aromatic nitrogens is 2. The van der Waals surface area contributed by atoms with Gasteiger partial charge in [0.2, 0.25) is 0 Å². The summed E-state index contributed by atoms with van der Waals surface area (Å²) in [5.74, 6) is 0.632. The number of hydrogen-bond acceptors (Lipinski definition) is 6. The van der Waals surface area contributed by atoms with Crippen molar-refractivity contribution in [1.29, 1.82) is 0 Å². The highest BCUT2D eigenvalue weighted by molar-refractivity contribution is 7.18. The van der Waals surface area contributed by atoms with Crippen molar-refractivity contribution in [2.24, 2.45) is 5.92 Å². The Morgan fingerprint density at radius 2 is 2.07 bits per heavy atom. The predicted octanol–water partition coefficient (Wildman–Crippen LogP) is 2.89. The highest BCUT2D eigenvalue weighted by Gasteiger charge is 2.23. The highest BCUT2D eigenvalue weighted by atomic mass is 32.1. The average Bonchev–Trinajstić information content (AvgIpc) is 3.09. The Bertz CT molecular complexity index is 1180. The summed E-state index contributed by atoms with van der Waals surface area (Å²) in [7, 11) is 1.64. The zero-order valence-corrected chi connectivity index (χ0v) is 17.3. The molecule has 7 nitrogen and oxygen atoms in total. The molecule has 150 valence electrons. The summed E-state index contributed by atoms with van der Waals surface area (Å²) < 4.78 is 6.72. The van der Waals surface area contributed by atoms with Crippen molar-refractivity contribution in [3.8, 4) is 5.75 Å². The number of carbonyl (C=O) groups excluding carboxylic acids is 2. The van der Waals surface area contributed by atoms with Crippen LogP contribution in [-0.4, -0.2) is 34.9 Å². The SMILES string of the molecule is CC(C)Cc1cc2c(=O)n(CC(=O)c3ccc4c(c3)N(C)C(=O)CO4)cnc2s1. The third-order valence-corrected chi connectivity index (χ3v) is 5.93. The molecular formula is C21H21N3O4S. The van der Waals surface area contributed by atoms with E-state index in [4.69, 9.17) is 4.74 Å². The van der Waals surface area contributed by atoms with Crippen molar-refractivity contribution >= 4 is 38.9 Å². The summed E-state index contributed by atoms with van der Waals surface area (Å²) in [5, 5.41) is 0.546. The van der Waals surface area contributed by atoms with Crippen molar-refractivity contribution in [3.05, 3.63) is 51.4 Å². The van der Waals surface area contributed by atoms with Gasteiger partial charge in [0.25, 0.3) is 11.5 Å². The molecule has 0 radical (unpaired) electrons. The molecule has 0 fully saturated rings. The zero-order valence-electron chi connectivity index (χ0n) is 16.5. The monoisotopic (exact) mass is 411 g/mol. The summed E-state index contributed by atoms with van der Waals surface area (Å²) in [4.78, 5) is 45.1. The first kappa shape index (κ1) is 19.3. The Kier molecular flexibility index (Phi) is 4.96. The largest absolute Gasteiger partial charge is 0.482 e. The van der Waals surface area contributed by atoms with Crippen LogP contribution in [0, 0.1) is 5.92 Å². The van der Waals surface area contributed by atoms with Crippen LogP contribution in [0.2, 0.25) is 0 Å². The second-order valence-electron chi connectivity index (χ2n) is 7.55. The quantitative estimate of drug-likeness (QED) is 0.603. The third-order valence-electron chi connectivity index (χ3n) is 4.86. The Morgan fingerprint density at radius 1 is 1.28 bits per heavy atom. The Balaban J connectivity index is 1.62. The molecule has 4 rings (SSSR count). The minimum atomic E-state index is -0.236. The van der Waals surface area contributed by atoms with Crippen molar-refractivity contribution in [1.82, 2.24) is 9.55 Å². The molecule has 8 heteroatoms. The van der Waals surface area contributed by atoms with E-state index in [0.717, 1.165) is 11.3 Å². The number of Topliss-reactive ketones (excluding diaryl/α,β-unsaturated/α-hetero) is 1. The van der Waals surface area contributed by atoms with Gasteiger partial charge in [0.15, 0.2) is 12.4 Å². The van der Waals surface area contributed by atoms with Gasteiger partial charge in [0.1, 0.15) is 10.6 Å². The predicted molar refractivity (Wildman–Crippen MR) is 112 cm³/mol. The fraction of sp³-hybridized carbons (Fsp3) is 0.333. The van der Waals surface area contributed by atoms with Gasteiger partial charge in [0, 0.05) is 17.5 Å². The Labute approximate surface area is 171 Å². The van der Waals surface area contributed by atoms with Gasteiger partial charge in [-0.2, -0.15) is 0 Å². The van der Waals surface area contributed by atoms with Gasteiger partial charge in [-0.3, -0.25) is 19.0 Å². The number of thiophene rings is 1. The number of rotatable bonds is 5. The fourth-order valence-electron chi connectivity index (χ4n) is 3.32. The number of ether oxygens (including phenoxy) is 1. The van der Waals surface area contributed by atoms with E-state index in [1.165, 1.54) is 27.1 Å². The molecule has 0 unspecified atom stereocenters. The van der Waals surface area contributed by atoms with Crippen LogP contribution in [-0.2, 0) is 17.8 Å². The average molecular weight is 411 g/mol. The number of likely N-dealkylation sites (N-methyl/N-ethyl adjacent to an activating group) is 1. The normalized spacial score (nSPS) is 13.7. The number of anilines is 1. The van der Waals surface area contributed by atoms with E-state index < -0.39 is 0 Å². The number of amides is 1. The topological polar surface area (TPSA) is 81.5 Å². The lowest BCUT2D eigenvalue weighted by molar-refractivity contribution is -0.120. The molecule has 0 spiro atoms. The first-order chi connectivity index (χ1) is 13.8. The second-order valence-corrected chi connectivity index (χ2v) is 8.67. The van der Waals surface area contributed by atoms with Crippen molar-refractivity contribution in [2.75, 3.05) is 18.6 Å². The van der Waals surface area contributed by atoms with Crippen molar-refractivity contribution in [3.63, 3.8) is 0 Å². The van der Waals surface area contributed by atoms with E-state index in [2.05, 4.69) is 18.8 Å². The van der Waals surface area contributed by atoms with Gasteiger partial charge < -0.3 is 9.64 Å². The maximum atomic E-state index is 12.8. The molecular weight excluding hydrogens is 390 g/mol. The van der Waals surface area contributed by atoms with E-state index >= 15 is 0 Å². The summed E-state index contributed by atoms with van der Waals surface area (Å²) >= 11 is 1.52. The molecule has 3 aromatic rings. The number of hydrogen-bond donors (Lipinski definition) is 0. The lowest BCUT2D eigenvalue weighted by Crippen LogP contribution is -2.35. The van der Waals surface area contributed by atoms with Crippen molar-refractivity contribution < 1.29 is 14.3 Å². The van der Waals surface area contributed by atoms with E-state index in [1.54, 1.807) is 25.2 Å². The molecule has 3 heterocycles. The summed E-state index contributed by atoms with van der Waals surface area (Å²) in [6.45, 7) is 4.12. The molecule has 1 aromatic carbocycles. The van der Waals surface area contributed by atoms with Gasteiger partial charge in [-0.1, -0.05) is 13.8 Å². The minimum Gasteiger partial charge on any atom is -0.482 e. The van der Waals surface area contributed by atoms with Crippen LogP contribution in [0.4, 0.5) is 5.69 Å². The smallest absolute Gasteiger partial charge is 0.264 e. The number of ketones is 1. The van der Waals surface area contributed by atoms with Gasteiger partial charge in [0.05, 0.1) is 23.9 Å². The van der Waals surface area contributed by atoms with Gasteiger partial charge in [-0.05, 0) is 36.6 Å². The number of fused-ring (bicyclic) bond motifs is 2. The lowest BCUT2D eigenvalue weighted by atomic mass is 10.1. The molecule has 0 saturated carbocycles. The number of nitrogens with zero attached hydrogens (tertiary/aromatic N) is 3. The van der Waals surface area contributed by atoms with E-state index in [0.29, 0.717) is 33.1 Å². The lowest BCUT2D eigenvalue weighted by Gasteiger charge is -2.26. The van der Waals surface area contributed by atoms with Crippen LogP contribution >= 0.6 is 11.3 Å². The number of benzene rings is 1. The van der Waals surface area contributed by atoms with Crippen molar-refractivity contribution in [2.45, 2.75) is 26.8 Å². The molecule has 0 saturated heterocycles. The summed E-state index contributed by atoms with van der Waals surface area (Å²) in [5.41, 5.74) is 0.735. The molecule has 0 N–H and O–H groups in total. The van der Waals surface area contributed by atoms with E-state index in [9.17, 15) is 14.4 Å². The molecule has 29 heavy (non-hydrogen) atoms. The maximum Gasteiger partial charge on any atom is 0.264 e. The van der Waals surface area contributed by atoms with E-state index in [1.807, 2.05) is 6.07 Å². The van der Waals surface area contributed by atoms with E-state index in [-0.39, 0.29) is 30.4 Å². The first-order valence-corrected chi connectivity index (χ1v) is 10.2. The molecule has 1 amide bonds. The fourth-order valence-corrected chi connectivity index (χ4v) is 4.51.